The summed E-state index contributed by atoms with van der Waals surface area (Å²) < 4.78 is 6.38. The van der Waals surface area contributed by atoms with Crippen molar-refractivity contribution in [2.24, 2.45) is 0 Å². The van der Waals surface area contributed by atoms with Crippen molar-refractivity contribution in [1.82, 2.24) is 15.0 Å². The zero-order valence-corrected chi connectivity index (χ0v) is 26.5. The number of rotatable bonds is 6. The summed E-state index contributed by atoms with van der Waals surface area (Å²) in [4.78, 5) is 15.4. The summed E-state index contributed by atoms with van der Waals surface area (Å²) in [7, 11) is 0. The molecule has 0 saturated carbocycles. The minimum absolute atomic E-state index is 0.593. The Labute approximate surface area is 284 Å². The molecule has 0 saturated heterocycles. The van der Waals surface area contributed by atoms with Gasteiger partial charge in [-0.1, -0.05) is 152 Å². The second kappa shape index (κ2) is 12.2. The lowest BCUT2D eigenvalue weighted by Crippen LogP contribution is -2.00. The molecule has 0 aliphatic carbocycles. The van der Waals surface area contributed by atoms with E-state index in [1.807, 2.05) is 30.3 Å². The smallest absolute Gasteiger partial charge is 0.164 e. The molecule has 0 bridgehead atoms. The van der Waals surface area contributed by atoms with Gasteiger partial charge in [0, 0.05) is 27.5 Å². The van der Waals surface area contributed by atoms with E-state index in [0.717, 1.165) is 72.0 Å². The van der Waals surface area contributed by atoms with E-state index >= 15 is 0 Å². The third-order valence-electron chi connectivity index (χ3n) is 8.96. The molecule has 9 aromatic rings. The summed E-state index contributed by atoms with van der Waals surface area (Å²) in [5.74, 6) is 1.81. The summed E-state index contributed by atoms with van der Waals surface area (Å²) >= 11 is 0. The van der Waals surface area contributed by atoms with E-state index in [4.69, 9.17) is 19.4 Å². The third-order valence-corrected chi connectivity index (χ3v) is 8.96. The maximum absolute atomic E-state index is 6.38. The van der Waals surface area contributed by atoms with E-state index in [2.05, 4.69) is 146 Å². The molecule has 0 amide bonds. The first-order valence-electron chi connectivity index (χ1n) is 16.4. The number of benzene rings is 7. The SMILES string of the molecule is c1ccc(-c2ccc(-c3nc(-c4cccc(-c5ccccc5)c4)nc(-c4cccc5oc6ccc(-c7ccccc7)cc6c45)n3)cc2)cc1. The zero-order chi connectivity index (χ0) is 32.6. The Morgan fingerprint density at radius 1 is 0.306 bits per heavy atom. The van der Waals surface area contributed by atoms with Crippen LogP contribution in [0.3, 0.4) is 0 Å². The third kappa shape index (κ3) is 5.45. The molecule has 230 valence electrons. The first-order chi connectivity index (χ1) is 24.3. The highest BCUT2D eigenvalue weighted by Gasteiger charge is 2.19. The van der Waals surface area contributed by atoms with Gasteiger partial charge >= 0.3 is 0 Å². The predicted molar refractivity (Wildman–Crippen MR) is 200 cm³/mol. The van der Waals surface area contributed by atoms with Crippen LogP contribution in [0.1, 0.15) is 0 Å². The number of aromatic nitrogens is 3. The fraction of sp³-hybridized carbons (Fsp3) is 0. The van der Waals surface area contributed by atoms with E-state index in [0.29, 0.717) is 17.5 Å². The molecular formula is C45H29N3O. The zero-order valence-electron chi connectivity index (χ0n) is 26.5. The Hall–Kier alpha value is -6.65. The lowest BCUT2D eigenvalue weighted by molar-refractivity contribution is 0.669. The summed E-state index contributed by atoms with van der Waals surface area (Å²) in [5, 5.41) is 2.00. The number of nitrogens with zero attached hydrogens (tertiary/aromatic N) is 3. The first kappa shape index (κ1) is 28.6. The van der Waals surface area contributed by atoms with Crippen molar-refractivity contribution in [2.45, 2.75) is 0 Å². The van der Waals surface area contributed by atoms with Gasteiger partial charge in [-0.2, -0.15) is 0 Å². The number of furan rings is 1. The second-order valence-corrected chi connectivity index (χ2v) is 12.1. The lowest BCUT2D eigenvalue weighted by atomic mass is 10.0. The average Bonchev–Trinajstić information content (AvgIpc) is 3.57. The highest BCUT2D eigenvalue weighted by molar-refractivity contribution is 6.12. The molecule has 0 aliphatic heterocycles. The molecule has 2 heterocycles. The topological polar surface area (TPSA) is 51.8 Å². The fourth-order valence-electron chi connectivity index (χ4n) is 6.49. The normalized spacial score (nSPS) is 11.3. The molecule has 49 heavy (non-hydrogen) atoms. The molecule has 0 unspecified atom stereocenters. The molecule has 2 aromatic heterocycles. The monoisotopic (exact) mass is 627 g/mol. The molecule has 9 rings (SSSR count). The van der Waals surface area contributed by atoms with Crippen LogP contribution in [-0.4, -0.2) is 15.0 Å². The number of hydrogen-bond donors (Lipinski definition) is 0. The van der Waals surface area contributed by atoms with E-state index in [9.17, 15) is 0 Å². The van der Waals surface area contributed by atoms with Crippen LogP contribution >= 0.6 is 0 Å². The van der Waals surface area contributed by atoms with Crippen LogP contribution in [0.2, 0.25) is 0 Å². The van der Waals surface area contributed by atoms with Crippen molar-refractivity contribution in [2.75, 3.05) is 0 Å². The maximum atomic E-state index is 6.38. The molecule has 4 nitrogen and oxygen atoms in total. The quantitative estimate of drug-likeness (QED) is 0.184. The summed E-state index contributed by atoms with van der Waals surface area (Å²) in [6.07, 6.45) is 0. The minimum Gasteiger partial charge on any atom is -0.456 e. The van der Waals surface area contributed by atoms with Crippen molar-refractivity contribution in [3.8, 4) is 67.5 Å². The van der Waals surface area contributed by atoms with Crippen molar-refractivity contribution in [3.63, 3.8) is 0 Å². The largest absolute Gasteiger partial charge is 0.456 e. The van der Waals surface area contributed by atoms with E-state index < -0.39 is 0 Å². The summed E-state index contributed by atoms with van der Waals surface area (Å²) in [5.41, 5.74) is 11.2. The summed E-state index contributed by atoms with van der Waals surface area (Å²) in [6, 6.07) is 60.4. The van der Waals surface area contributed by atoms with Gasteiger partial charge in [-0.15, -0.1) is 0 Å². The van der Waals surface area contributed by atoms with Crippen molar-refractivity contribution < 1.29 is 4.42 Å². The van der Waals surface area contributed by atoms with E-state index in [1.165, 1.54) is 0 Å². The average molecular weight is 628 g/mol. The van der Waals surface area contributed by atoms with Gasteiger partial charge in [0.1, 0.15) is 11.2 Å². The van der Waals surface area contributed by atoms with Gasteiger partial charge in [0.15, 0.2) is 17.5 Å². The maximum Gasteiger partial charge on any atom is 0.164 e. The molecule has 0 N–H and O–H groups in total. The highest BCUT2D eigenvalue weighted by Crippen LogP contribution is 2.38. The molecule has 0 atom stereocenters. The van der Waals surface area contributed by atoms with Gasteiger partial charge in [0.2, 0.25) is 0 Å². The van der Waals surface area contributed by atoms with E-state index in [1.54, 1.807) is 0 Å². The van der Waals surface area contributed by atoms with Gasteiger partial charge in [-0.05, 0) is 57.6 Å². The minimum atomic E-state index is 0.593. The van der Waals surface area contributed by atoms with Gasteiger partial charge in [0.25, 0.3) is 0 Å². The lowest BCUT2D eigenvalue weighted by Gasteiger charge is -2.11. The van der Waals surface area contributed by atoms with Crippen LogP contribution in [0.15, 0.2) is 180 Å². The van der Waals surface area contributed by atoms with Gasteiger partial charge < -0.3 is 4.42 Å². The Morgan fingerprint density at radius 3 is 1.45 bits per heavy atom. The first-order valence-corrected chi connectivity index (χ1v) is 16.4. The predicted octanol–water partition coefficient (Wildman–Crippen LogP) is 11.8. The number of fused-ring (bicyclic) bond motifs is 3. The molecule has 0 spiro atoms. The standard InChI is InChI=1S/C45H29N3O/c1-4-12-30(13-5-1)33-22-24-34(25-23-33)43-46-44(37-19-10-18-35(28-37)31-14-6-2-7-15-31)48-45(47-43)38-20-11-21-41-42(38)39-29-36(26-27-40(39)49-41)32-16-8-3-9-17-32/h1-29H. The molecule has 7 aromatic carbocycles. The van der Waals surface area contributed by atoms with Crippen LogP contribution in [0.25, 0.3) is 89.5 Å². The highest BCUT2D eigenvalue weighted by atomic mass is 16.3. The Balaban J connectivity index is 1.24. The van der Waals surface area contributed by atoms with Gasteiger partial charge in [0.05, 0.1) is 0 Å². The molecular weight excluding hydrogens is 599 g/mol. The van der Waals surface area contributed by atoms with Crippen LogP contribution in [0, 0.1) is 0 Å². The molecule has 0 aliphatic rings. The Kier molecular flexibility index (Phi) is 7.10. The second-order valence-electron chi connectivity index (χ2n) is 12.1. The molecule has 0 fully saturated rings. The fourth-order valence-corrected chi connectivity index (χ4v) is 6.49. The van der Waals surface area contributed by atoms with Crippen LogP contribution < -0.4 is 0 Å². The molecule has 0 radical (unpaired) electrons. The Morgan fingerprint density at radius 2 is 0.776 bits per heavy atom. The van der Waals surface area contributed by atoms with Crippen LogP contribution in [0.5, 0.6) is 0 Å². The van der Waals surface area contributed by atoms with Crippen molar-refractivity contribution in [3.05, 3.63) is 176 Å². The van der Waals surface area contributed by atoms with Gasteiger partial charge in [-0.3, -0.25) is 0 Å². The van der Waals surface area contributed by atoms with Crippen LogP contribution in [0.4, 0.5) is 0 Å². The molecule has 4 heteroatoms. The van der Waals surface area contributed by atoms with Crippen LogP contribution in [-0.2, 0) is 0 Å². The van der Waals surface area contributed by atoms with Crippen molar-refractivity contribution >= 4 is 21.9 Å². The van der Waals surface area contributed by atoms with Gasteiger partial charge in [-0.25, -0.2) is 15.0 Å². The summed E-state index contributed by atoms with van der Waals surface area (Å²) in [6.45, 7) is 0. The van der Waals surface area contributed by atoms with E-state index in [-0.39, 0.29) is 0 Å². The van der Waals surface area contributed by atoms with Crippen molar-refractivity contribution in [1.29, 1.82) is 0 Å². The number of hydrogen-bond acceptors (Lipinski definition) is 4. The Bertz CT molecular complexity index is 2580.